The smallest absolute Gasteiger partial charge is 0.240 e. The topological polar surface area (TPSA) is 59.1 Å². The Morgan fingerprint density at radius 1 is 1.30 bits per heavy atom. The Bertz CT molecular complexity index is 666. The molecule has 0 unspecified atom stereocenters. The van der Waals surface area contributed by atoms with Crippen molar-refractivity contribution in [2.45, 2.75) is 24.8 Å². The van der Waals surface area contributed by atoms with Crippen LogP contribution >= 0.6 is 22.9 Å². The third-order valence-corrected chi connectivity index (χ3v) is 5.24. The molecule has 20 heavy (non-hydrogen) atoms. The Balaban J connectivity index is 2.05. The second kappa shape index (κ2) is 6.67. The van der Waals surface area contributed by atoms with Crippen LogP contribution in [0.15, 0.2) is 35.4 Å². The van der Waals surface area contributed by atoms with Crippen LogP contribution in [-0.2, 0) is 23.0 Å². The van der Waals surface area contributed by atoms with Crippen LogP contribution in [0, 0.1) is 6.92 Å². The van der Waals surface area contributed by atoms with Gasteiger partial charge in [0.2, 0.25) is 10.0 Å². The number of rotatable bonds is 6. The zero-order chi connectivity index (χ0) is 14.6. The minimum absolute atomic E-state index is 0.261. The van der Waals surface area contributed by atoms with E-state index in [1.54, 1.807) is 30.5 Å². The first-order valence-corrected chi connectivity index (χ1v) is 8.90. The summed E-state index contributed by atoms with van der Waals surface area (Å²) in [7, 11) is -3.49. The van der Waals surface area contributed by atoms with Gasteiger partial charge in [0.05, 0.1) is 9.90 Å². The van der Waals surface area contributed by atoms with Crippen LogP contribution in [-0.4, -0.2) is 19.3 Å². The van der Waals surface area contributed by atoms with Crippen LogP contribution in [0.5, 0.6) is 0 Å². The van der Waals surface area contributed by atoms with Gasteiger partial charge in [0.1, 0.15) is 0 Å². The summed E-state index contributed by atoms with van der Waals surface area (Å²) in [6.45, 7) is 2.15. The van der Waals surface area contributed by atoms with Gasteiger partial charge in [0.25, 0.3) is 0 Å². The van der Waals surface area contributed by atoms with Crippen LogP contribution in [0.1, 0.15) is 15.4 Å². The SMILES string of the molecule is Cc1ncc(CNS(=O)(=O)c2ccc(CCCl)cc2)s1. The lowest BCUT2D eigenvalue weighted by Crippen LogP contribution is -2.22. The molecule has 0 radical (unpaired) electrons. The maximum absolute atomic E-state index is 12.1. The van der Waals surface area contributed by atoms with E-state index in [9.17, 15) is 8.42 Å². The molecule has 0 aliphatic carbocycles. The average molecular weight is 331 g/mol. The quantitative estimate of drug-likeness (QED) is 0.828. The number of sulfonamides is 1. The molecule has 0 bridgehead atoms. The molecule has 0 amide bonds. The Morgan fingerprint density at radius 3 is 2.55 bits per heavy atom. The molecule has 0 fully saturated rings. The van der Waals surface area contributed by atoms with Crippen molar-refractivity contribution in [3.63, 3.8) is 0 Å². The van der Waals surface area contributed by atoms with Crippen molar-refractivity contribution < 1.29 is 8.42 Å². The molecule has 4 nitrogen and oxygen atoms in total. The molecule has 2 aromatic rings. The number of hydrogen-bond donors (Lipinski definition) is 1. The zero-order valence-electron chi connectivity index (χ0n) is 11.0. The molecule has 0 spiro atoms. The maximum Gasteiger partial charge on any atom is 0.240 e. The summed E-state index contributed by atoms with van der Waals surface area (Å²) in [6.07, 6.45) is 2.42. The van der Waals surface area contributed by atoms with Gasteiger partial charge in [-0.05, 0) is 31.0 Å². The van der Waals surface area contributed by atoms with Crippen LogP contribution in [0.25, 0.3) is 0 Å². The van der Waals surface area contributed by atoms with E-state index in [4.69, 9.17) is 11.6 Å². The van der Waals surface area contributed by atoms with E-state index in [-0.39, 0.29) is 11.4 Å². The minimum Gasteiger partial charge on any atom is -0.250 e. The Morgan fingerprint density at radius 2 is 2.00 bits per heavy atom. The predicted molar refractivity (Wildman–Crippen MR) is 81.7 cm³/mol. The van der Waals surface area contributed by atoms with Crippen LogP contribution < -0.4 is 4.72 Å². The van der Waals surface area contributed by atoms with Crippen LogP contribution in [0.2, 0.25) is 0 Å². The number of aryl methyl sites for hydroxylation is 2. The summed E-state index contributed by atoms with van der Waals surface area (Å²) in [5.74, 6) is 0.523. The summed E-state index contributed by atoms with van der Waals surface area (Å²) >= 11 is 7.13. The summed E-state index contributed by atoms with van der Waals surface area (Å²) < 4.78 is 26.8. The van der Waals surface area contributed by atoms with E-state index in [2.05, 4.69) is 9.71 Å². The number of benzene rings is 1. The lowest BCUT2D eigenvalue weighted by atomic mass is 10.2. The highest BCUT2D eigenvalue weighted by Crippen LogP contribution is 2.14. The largest absolute Gasteiger partial charge is 0.250 e. The second-order valence-electron chi connectivity index (χ2n) is 4.25. The first-order valence-electron chi connectivity index (χ1n) is 6.07. The minimum atomic E-state index is -3.49. The summed E-state index contributed by atoms with van der Waals surface area (Å²) in [4.78, 5) is 5.25. The van der Waals surface area contributed by atoms with Crippen LogP contribution in [0.4, 0.5) is 0 Å². The van der Waals surface area contributed by atoms with Gasteiger partial charge in [0, 0.05) is 23.5 Å². The first kappa shape index (κ1) is 15.4. The van der Waals surface area contributed by atoms with Crippen molar-refractivity contribution in [1.82, 2.24) is 9.71 Å². The standard InChI is InChI=1S/C13H15ClN2O2S2/c1-10-15-8-12(19-10)9-16-20(17,18)13-4-2-11(3-5-13)6-7-14/h2-5,8,16H,6-7,9H2,1H3. The predicted octanol–water partition coefficient (Wildman–Crippen LogP) is 2.71. The van der Waals surface area contributed by atoms with Gasteiger partial charge in [0.15, 0.2) is 0 Å². The van der Waals surface area contributed by atoms with Crippen molar-refractivity contribution in [1.29, 1.82) is 0 Å². The number of halogens is 1. The van der Waals surface area contributed by atoms with Crippen LogP contribution in [0.3, 0.4) is 0 Å². The number of nitrogens with zero attached hydrogens (tertiary/aromatic N) is 1. The number of hydrogen-bond acceptors (Lipinski definition) is 4. The van der Waals surface area contributed by atoms with E-state index in [0.29, 0.717) is 5.88 Å². The monoisotopic (exact) mass is 330 g/mol. The van der Waals surface area contributed by atoms with Gasteiger partial charge >= 0.3 is 0 Å². The molecule has 0 aliphatic rings. The van der Waals surface area contributed by atoms with Crippen molar-refractivity contribution in [2.75, 3.05) is 5.88 Å². The third-order valence-electron chi connectivity index (χ3n) is 2.72. The van der Waals surface area contributed by atoms with E-state index in [1.807, 2.05) is 6.92 Å². The zero-order valence-corrected chi connectivity index (χ0v) is 13.4. The highest BCUT2D eigenvalue weighted by Gasteiger charge is 2.14. The second-order valence-corrected chi connectivity index (χ2v) is 7.72. The average Bonchev–Trinajstić information content (AvgIpc) is 2.84. The number of nitrogens with one attached hydrogen (secondary N) is 1. The number of alkyl halides is 1. The Labute approximate surface area is 127 Å². The van der Waals surface area contributed by atoms with Gasteiger partial charge in [-0.1, -0.05) is 12.1 Å². The van der Waals surface area contributed by atoms with Crippen molar-refractivity contribution in [3.05, 3.63) is 45.9 Å². The van der Waals surface area contributed by atoms with Gasteiger partial charge in [-0.25, -0.2) is 18.1 Å². The number of thiazole rings is 1. The molecule has 0 atom stereocenters. The fourth-order valence-electron chi connectivity index (χ4n) is 1.68. The van der Waals surface area contributed by atoms with E-state index in [1.165, 1.54) is 11.3 Å². The summed E-state index contributed by atoms with van der Waals surface area (Å²) in [6, 6.07) is 6.77. The fraction of sp³-hybridized carbons (Fsp3) is 0.308. The molecule has 108 valence electrons. The maximum atomic E-state index is 12.1. The summed E-state index contributed by atoms with van der Waals surface area (Å²) in [5, 5.41) is 0.921. The van der Waals surface area contributed by atoms with Crippen molar-refractivity contribution in [3.8, 4) is 0 Å². The lowest BCUT2D eigenvalue weighted by molar-refractivity contribution is 0.581. The normalized spacial score (nSPS) is 11.7. The molecular formula is C13H15ClN2O2S2. The molecule has 1 heterocycles. The molecular weight excluding hydrogens is 316 g/mol. The highest BCUT2D eigenvalue weighted by molar-refractivity contribution is 7.89. The van der Waals surface area contributed by atoms with Gasteiger partial charge in [-0.15, -0.1) is 22.9 Å². The number of aromatic nitrogens is 1. The van der Waals surface area contributed by atoms with Gasteiger partial charge in [-0.2, -0.15) is 0 Å². The van der Waals surface area contributed by atoms with Gasteiger partial charge < -0.3 is 0 Å². The molecule has 2 rings (SSSR count). The highest BCUT2D eigenvalue weighted by atomic mass is 35.5. The summed E-state index contributed by atoms with van der Waals surface area (Å²) in [5.41, 5.74) is 1.03. The molecule has 7 heteroatoms. The molecule has 0 aliphatic heterocycles. The molecule has 1 aromatic heterocycles. The van der Waals surface area contributed by atoms with E-state index in [0.717, 1.165) is 21.9 Å². The lowest BCUT2D eigenvalue weighted by Gasteiger charge is -2.06. The third kappa shape index (κ3) is 4.02. The van der Waals surface area contributed by atoms with Crippen molar-refractivity contribution >= 4 is 33.0 Å². The molecule has 0 saturated carbocycles. The fourth-order valence-corrected chi connectivity index (χ4v) is 3.73. The Kier molecular flexibility index (Phi) is 5.15. The van der Waals surface area contributed by atoms with E-state index < -0.39 is 10.0 Å². The van der Waals surface area contributed by atoms with E-state index >= 15 is 0 Å². The molecule has 1 N–H and O–H groups in total. The molecule has 0 saturated heterocycles. The van der Waals surface area contributed by atoms with Gasteiger partial charge in [-0.3, -0.25) is 0 Å². The first-order chi connectivity index (χ1) is 9.51. The van der Waals surface area contributed by atoms with Crippen molar-refractivity contribution in [2.24, 2.45) is 0 Å². The molecule has 1 aromatic carbocycles. The Hall–Kier alpha value is -0.950.